The Morgan fingerprint density at radius 2 is 1.02 bits per heavy atom. The number of carbonyl (C=O) groups excluding carboxylic acids is 3. The fourth-order valence-electron chi connectivity index (χ4n) is 9.38. The highest BCUT2D eigenvalue weighted by molar-refractivity contribution is 5.95. The third-order valence-electron chi connectivity index (χ3n) is 12.6. The van der Waals surface area contributed by atoms with Gasteiger partial charge in [0.15, 0.2) is 0 Å². The molecule has 9 rings (SSSR count). The molecule has 2 atom stereocenters. The number of amides is 3. The van der Waals surface area contributed by atoms with Crippen molar-refractivity contribution in [2.24, 2.45) is 0 Å². The van der Waals surface area contributed by atoms with Crippen LogP contribution in [0.1, 0.15) is 58.3 Å². The van der Waals surface area contributed by atoms with Crippen molar-refractivity contribution in [3.63, 3.8) is 0 Å². The minimum atomic E-state index is -0.461. The van der Waals surface area contributed by atoms with Crippen molar-refractivity contribution in [3.05, 3.63) is 173 Å². The number of hydrogen-bond acceptors (Lipinski definition) is 7. The van der Waals surface area contributed by atoms with Gasteiger partial charge in [0.2, 0.25) is 11.8 Å². The van der Waals surface area contributed by atoms with Gasteiger partial charge in [0, 0.05) is 44.6 Å². The van der Waals surface area contributed by atoms with E-state index in [4.69, 9.17) is 4.74 Å². The molecular formula is C50H56N6O4. The molecule has 0 unspecified atom stereocenters. The lowest BCUT2D eigenvalue weighted by molar-refractivity contribution is -0.134. The smallest absolute Gasteiger partial charge is 0.253 e. The van der Waals surface area contributed by atoms with Crippen molar-refractivity contribution in [2.75, 3.05) is 33.3 Å². The molecule has 3 N–H and O–H groups in total. The van der Waals surface area contributed by atoms with Crippen molar-refractivity contribution in [1.29, 1.82) is 0 Å². The van der Waals surface area contributed by atoms with Crippen LogP contribution in [0.15, 0.2) is 146 Å². The summed E-state index contributed by atoms with van der Waals surface area (Å²) < 4.78 is 5.29. The average molecular weight is 805 g/mol. The summed E-state index contributed by atoms with van der Waals surface area (Å²) in [4.78, 5) is 46.1. The van der Waals surface area contributed by atoms with Gasteiger partial charge < -0.3 is 24.8 Å². The predicted octanol–water partition coefficient (Wildman–Crippen LogP) is 6.18. The second kappa shape index (κ2) is 18.6. The first-order valence-corrected chi connectivity index (χ1v) is 21.3. The van der Waals surface area contributed by atoms with Gasteiger partial charge in [-0.1, -0.05) is 127 Å². The normalized spacial score (nSPS) is 20.6. The molecule has 0 saturated carbocycles. The van der Waals surface area contributed by atoms with Crippen LogP contribution in [-0.2, 0) is 35.5 Å². The molecule has 310 valence electrons. The van der Waals surface area contributed by atoms with Crippen molar-refractivity contribution in [1.82, 2.24) is 30.7 Å². The van der Waals surface area contributed by atoms with E-state index in [-0.39, 0.29) is 35.5 Å². The largest absolute Gasteiger partial charge is 0.497 e. The van der Waals surface area contributed by atoms with Crippen LogP contribution in [0.25, 0.3) is 0 Å². The van der Waals surface area contributed by atoms with Crippen LogP contribution in [0, 0.1) is 0 Å². The Morgan fingerprint density at radius 1 is 0.583 bits per heavy atom. The molecule has 4 aliphatic rings. The van der Waals surface area contributed by atoms with Gasteiger partial charge in [0.05, 0.1) is 30.5 Å². The van der Waals surface area contributed by atoms with Gasteiger partial charge in [-0.3, -0.25) is 25.0 Å². The average Bonchev–Trinajstić information content (AvgIpc) is 3.68. The maximum atomic E-state index is 13.7. The Hall–Kier alpha value is -5.81. The predicted molar refractivity (Wildman–Crippen MR) is 234 cm³/mol. The van der Waals surface area contributed by atoms with E-state index >= 15 is 0 Å². The topological polar surface area (TPSA) is 106 Å². The SMILES string of the molecule is COc1cccc(C(=O)N2CCC3(CC2)N[C@@H](Cc2ccccc2)C(=O)N3Cc2ccccc2)c1.O=C1[C@H](Cc2ccccc2)NC2(CCNCC2)N1Cc1ccccc1. The monoisotopic (exact) mass is 804 g/mol. The molecule has 0 bridgehead atoms. The molecule has 10 nitrogen and oxygen atoms in total. The van der Waals surface area contributed by atoms with Crippen LogP contribution in [-0.4, -0.2) is 89.1 Å². The van der Waals surface area contributed by atoms with Gasteiger partial charge in [-0.05, 0) is 79.2 Å². The van der Waals surface area contributed by atoms with Gasteiger partial charge in [-0.2, -0.15) is 0 Å². The van der Waals surface area contributed by atoms with Crippen LogP contribution >= 0.6 is 0 Å². The summed E-state index contributed by atoms with van der Waals surface area (Å²) in [5.74, 6) is 1.03. The van der Waals surface area contributed by atoms with Crippen molar-refractivity contribution < 1.29 is 19.1 Å². The molecule has 3 amide bonds. The summed E-state index contributed by atoms with van der Waals surface area (Å²) in [5, 5.41) is 10.8. The fourth-order valence-corrected chi connectivity index (χ4v) is 9.38. The van der Waals surface area contributed by atoms with Gasteiger partial charge in [-0.25, -0.2) is 0 Å². The van der Waals surface area contributed by atoms with E-state index < -0.39 is 5.66 Å². The van der Waals surface area contributed by atoms with E-state index in [1.165, 1.54) is 11.1 Å². The Kier molecular flexibility index (Phi) is 12.7. The lowest BCUT2D eigenvalue weighted by atomic mass is 9.94. The molecule has 5 aromatic rings. The third-order valence-corrected chi connectivity index (χ3v) is 12.6. The molecule has 60 heavy (non-hydrogen) atoms. The maximum Gasteiger partial charge on any atom is 0.253 e. The first-order chi connectivity index (χ1) is 29.3. The molecule has 2 spiro atoms. The van der Waals surface area contributed by atoms with E-state index in [0.717, 1.165) is 43.5 Å². The summed E-state index contributed by atoms with van der Waals surface area (Å²) in [6.45, 7) is 4.30. The quantitative estimate of drug-likeness (QED) is 0.155. The number of methoxy groups -OCH3 is 1. The second-order valence-corrected chi connectivity index (χ2v) is 16.4. The molecule has 4 fully saturated rings. The summed E-state index contributed by atoms with van der Waals surface area (Å²) >= 11 is 0. The number of rotatable bonds is 10. The first kappa shape index (κ1) is 40.9. The van der Waals surface area contributed by atoms with E-state index in [0.29, 0.717) is 56.8 Å². The zero-order valence-electron chi connectivity index (χ0n) is 34.5. The molecule has 0 aliphatic carbocycles. The van der Waals surface area contributed by atoms with E-state index in [9.17, 15) is 14.4 Å². The molecular weight excluding hydrogens is 749 g/mol. The molecule has 4 aliphatic heterocycles. The van der Waals surface area contributed by atoms with Crippen LogP contribution in [0.4, 0.5) is 0 Å². The minimum Gasteiger partial charge on any atom is -0.497 e. The number of ether oxygens (including phenoxy) is 1. The van der Waals surface area contributed by atoms with Gasteiger partial charge >= 0.3 is 0 Å². The number of carbonyl (C=O) groups is 3. The highest BCUT2D eigenvalue weighted by Crippen LogP contribution is 2.36. The second-order valence-electron chi connectivity index (χ2n) is 16.4. The summed E-state index contributed by atoms with van der Waals surface area (Å²) in [6.07, 6.45) is 4.69. The lowest BCUT2D eigenvalue weighted by Gasteiger charge is -2.44. The molecule has 4 saturated heterocycles. The van der Waals surface area contributed by atoms with Gasteiger partial charge in [0.25, 0.3) is 5.91 Å². The number of likely N-dealkylation sites (tertiary alicyclic amines) is 1. The highest BCUT2D eigenvalue weighted by Gasteiger charge is 2.52. The van der Waals surface area contributed by atoms with Crippen molar-refractivity contribution >= 4 is 17.7 Å². The zero-order chi connectivity index (χ0) is 41.4. The Bertz CT molecular complexity index is 2190. The molecule has 4 heterocycles. The lowest BCUT2D eigenvalue weighted by Crippen LogP contribution is -2.59. The first-order valence-electron chi connectivity index (χ1n) is 21.3. The van der Waals surface area contributed by atoms with Crippen LogP contribution in [0.3, 0.4) is 0 Å². The summed E-state index contributed by atoms with van der Waals surface area (Å²) in [5.41, 5.74) is 4.60. The van der Waals surface area contributed by atoms with Crippen LogP contribution < -0.4 is 20.7 Å². The molecule has 5 aromatic carbocycles. The molecule has 0 radical (unpaired) electrons. The Balaban J connectivity index is 0.000000176. The van der Waals surface area contributed by atoms with Crippen LogP contribution in [0.2, 0.25) is 0 Å². The standard InChI is InChI=1S/C29H31N3O3.C21H25N3O/c1-35-25-14-8-13-24(20-25)27(33)31-17-15-29(16-18-31)30-26(19-22-9-4-2-5-10-22)28(34)32(29)21-23-11-6-3-7-12-23;25-20-19(15-17-7-3-1-4-8-17)23-21(11-13-22-14-12-21)24(20)16-18-9-5-2-6-10-18/h2-14,20,26,30H,15-19,21H2,1H3;1-10,19,22-23H,11-16H2/t26-;19-/m00/s1. The van der Waals surface area contributed by atoms with E-state index in [1.54, 1.807) is 13.2 Å². The number of benzene rings is 5. The van der Waals surface area contributed by atoms with E-state index in [1.807, 2.05) is 101 Å². The fraction of sp³-hybridized carbons (Fsp3) is 0.340. The highest BCUT2D eigenvalue weighted by atomic mass is 16.5. The van der Waals surface area contributed by atoms with Crippen molar-refractivity contribution in [2.45, 2.75) is 75.0 Å². The summed E-state index contributed by atoms with van der Waals surface area (Å²) in [7, 11) is 1.60. The Labute approximate surface area is 353 Å². The van der Waals surface area contributed by atoms with Gasteiger partial charge in [0.1, 0.15) is 5.75 Å². The molecule has 0 aromatic heterocycles. The van der Waals surface area contributed by atoms with Crippen LogP contribution in [0.5, 0.6) is 5.75 Å². The zero-order valence-corrected chi connectivity index (χ0v) is 34.5. The molecule has 10 heteroatoms. The summed E-state index contributed by atoms with van der Waals surface area (Å²) in [6, 6.07) is 47.7. The third kappa shape index (κ3) is 9.16. The van der Waals surface area contributed by atoms with E-state index in [2.05, 4.69) is 69.4 Å². The number of nitrogens with zero attached hydrogens (tertiary/aromatic N) is 3. The number of hydrogen-bond donors (Lipinski definition) is 3. The maximum absolute atomic E-state index is 13.7. The number of piperidine rings is 2. The van der Waals surface area contributed by atoms with Gasteiger partial charge in [-0.15, -0.1) is 0 Å². The number of nitrogens with one attached hydrogen (secondary N) is 3. The Morgan fingerprint density at radius 3 is 1.47 bits per heavy atom. The van der Waals surface area contributed by atoms with Crippen molar-refractivity contribution in [3.8, 4) is 5.75 Å². The minimum absolute atomic E-state index is 0.00137.